The molecule has 1 atom stereocenters. The fourth-order valence-electron chi connectivity index (χ4n) is 1.09. The van der Waals surface area contributed by atoms with E-state index in [4.69, 9.17) is 0 Å². The molecule has 1 rings (SSSR count). The van der Waals surface area contributed by atoms with Gasteiger partial charge in [-0.15, -0.1) is 24.8 Å². The van der Waals surface area contributed by atoms with Crippen LogP contribution >= 0.6 is 24.8 Å². The van der Waals surface area contributed by atoms with Crippen LogP contribution in [0, 0.1) is 0 Å². The van der Waals surface area contributed by atoms with Crippen molar-refractivity contribution < 1.29 is 4.39 Å². The Bertz CT molecular complexity index is 94.7. The Kier molecular flexibility index (Phi) is 9.02. The summed E-state index contributed by atoms with van der Waals surface area (Å²) in [6.45, 7) is 2.56. The molecule has 0 unspecified atom stereocenters. The first-order valence-corrected chi connectivity index (χ1v) is 3.31. The standard InChI is InChI=1S/C6H13FN2.2ClH/c1-9-3-2-8-6(4-7)5-9;;/h6,8H,2-5H2,1H3;2*1H/t6-;;/m1../s1. The van der Waals surface area contributed by atoms with Crippen molar-refractivity contribution in [1.82, 2.24) is 10.2 Å². The molecule has 1 aliphatic rings. The summed E-state index contributed by atoms with van der Waals surface area (Å²) in [6.07, 6.45) is 0. The fourth-order valence-corrected chi connectivity index (χ4v) is 1.09. The molecule has 1 heterocycles. The topological polar surface area (TPSA) is 15.3 Å². The number of likely N-dealkylation sites (N-methyl/N-ethyl adjacent to an activating group) is 1. The number of piperazine rings is 1. The second-order valence-electron chi connectivity index (χ2n) is 2.57. The van der Waals surface area contributed by atoms with Crippen LogP contribution in [0.4, 0.5) is 4.39 Å². The smallest absolute Gasteiger partial charge is 0.106 e. The molecular weight excluding hydrogens is 190 g/mol. The van der Waals surface area contributed by atoms with E-state index in [1.807, 2.05) is 7.05 Å². The molecule has 1 saturated heterocycles. The molecule has 0 bridgehead atoms. The molecule has 0 saturated carbocycles. The van der Waals surface area contributed by atoms with Gasteiger partial charge in [0, 0.05) is 25.7 Å². The molecule has 0 aliphatic carbocycles. The summed E-state index contributed by atoms with van der Waals surface area (Å²) >= 11 is 0. The third kappa shape index (κ3) is 4.80. The van der Waals surface area contributed by atoms with Crippen molar-refractivity contribution in [1.29, 1.82) is 0 Å². The summed E-state index contributed by atoms with van der Waals surface area (Å²) in [5.41, 5.74) is 0. The first-order valence-electron chi connectivity index (χ1n) is 3.31. The summed E-state index contributed by atoms with van der Waals surface area (Å²) in [5, 5.41) is 3.08. The Labute approximate surface area is 79.3 Å². The molecule has 0 aromatic rings. The minimum Gasteiger partial charge on any atom is -0.309 e. The van der Waals surface area contributed by atoms with Crippen LogP contribution < -0.4 is 5.32 Å². The average molecular weight is 205 g/mol. The van der Waals surface area contributed by atoms with Gasteiger partial charge < -0.3 is 10.2 Å². The van der Waals surface area contributed by atoms with Crippen LogP contribution in [0.2, 0.25) is 0 Å². The van der Waals surface area contributed by atoms with Crippen molar-refractivity contribution >= 4 is 24.8 Å². The van der Waals surface area contributed by atoms with Crippen molar-refractivity contribution in [2.45, 2.75) is 6.04 Å². The van der Waals surface area contributed by atoms with Gasteiger partial charge in [-0.2, -0.15) is 0 Å². The lowest BCUT2D eigenvalue weighted by Gasteiger charge is -2.28. The molecule has 1 fully saturated rings. The molecule has 0 spiro atoms. The van der Waals surface area contributed by atoms with E-state index in [1.54, 1.807) is 0 Å². The van der Waals surface area contributed by atoms with Gasteiger partial charge in [0.05, 0.1) is 0 Å². The van der Waals surface area contributed by atoms with Gasteiger partial charge in [0.2, 0.25) is 0 Å². The Balaban J connectivity index is 0. The molecule has 0 aromatic carbocycles. The summed E-state index contributed by atoms with van der Waals surface area (Å²) in [5.74, 6) is 0. The first kappa shape index (κ1) is 14.0. The molecule has 2 nitrogen and oxygen atoms in total. The van der Waals surface area contributed by atoms with Crippen LogP contribution in [-0.2, 0) is 0 Å². The van der Waals surface area contributed by atoms with Gasteiger partial charge in [-0.25, -0.2) is 4.39 Å². The largest absolute Gasteiger partial charge is 0.309 e. The Hall–Kier alpha value is 0.430. The zero-order valence-electron chi connectivity index (χ0n) is 6.55. The molecule has 0 aromatic heterocycles. The molecule has 5 heteroatoms. The van der Waals surface area contributed by atoms with Crippen LogP contribution in [0.3, 0.4) is 0 Å². The second kappa shape index (κ2) is 7.10. The Morgan fingerprint density at radius 1 is 1.55 bits per heavy atom. The van der Waals surface area contributed by atoms with Crippen molar-refractivity contribution in [3.63, 3.8) is 0 Å². The zero-order chi connectivity index (χ0) is 6.69. The highest BCUT2D eigenvalue weighted by Crippen LogP contribution is 1.95. The normalized spacial score (nSPS) is 25.1. The second-order valence-corrected chi connectivity index (χ2v) is 2.57. The summed E-state index contributed by atoms with van der Waals surface area (Å²) in [4.78, 5) is 2.14. The van der Waals surface area contributed by atoms with Gasteiger partial charge >= 0.3 is 0 Å². The number of hydrogen-bond acceptors (Lipinski definition) is 2. The lowest BCUT2D eigenvalue weighted by molar-refractivity contribution is 0.213. The molecule has 0 radical (unpaired) electrons. The predicted molar refractivity (Wildman–Crippen MR) is 49.8 cm³/mol. The van der Waals surface area contributed by atoms with Gasteiger partial charge in [0.25, 0.3) is 0 Å². The van der Waals surface area contributed by atoms with Gasteiger partial charge in [-0.05, 0) is 7.05 Å². The van der Waals surface area contributed by atoms with E-state index in [9.17, 15) is 4.39 Å². The van der Waals surface area contributed by atoms with Crippen molar-refractivity contribution in [3.8, 4) is 0 Å². The summed E-state index contributed by atoms with van der Waals surface area (Å²) in [7, 11) is 2.02. The van der Waals surface area contributed by atoms with Crippen LogP contribution in [-0.4, -0.2) is 44.3 Å². The minimum atomic E-state index is -0.246. The van der Waals surface area contributed by atoms with Crippen LogP contribution in [0.5, 0.6) is 0 Å². The average Bonchev–Trinajstić information content (AvgIpc) is 1.88. The third-order valence-corrected chi connectivity index (χ3v) is 1.64. The number of alkyl halides is 1. The lowest BCUT2D eigenvalue weighted by Crippen LogP contribution is -2.49. The maximum atomic E-state index is 12.0. The monoisotopic (exact) mass is 204 g/mol. The zero-order valence-corrected chi connectivity index (χ0v) is 8.18. The van der Waals surface area contributed by atoms with Crippen molar-refractivity contribution in [3.05, 3.63) is 0 Å². The van der Waals surface area contributed by atoms with Crippen molar-refractivity contribution in [2.24, 2.45) is 0 Å². The third-order valence-electron chi connectivity index (χ3n) is 1.64. The first-order chi connectivity index (χ1) is 4.33. The van der Waals surface area contributed by atoms with Crippen molar-refractivity contribution in [2.75, 3.05) is 33.4 Å². The lowest BCUT2D eigenvalue weighted by atomic mass is 10.2. The Morgan fingerprint density at radius 3 is 2.55 bits per heavy atom. The van der Waals surface area contributed by atoms with Gasteiger partial charge in [0.15, 0.2) is 0 Å². The van der Waals surface area contributed by atoms with Crippen LogP contribution in [0.15, 0.2) is 0 Å². The maximum Gasteiger partial charge on any atom is 0.106 e. The van der Waals surface area contributed by atoms with Gasteiger partial charge in [-0.3, -0.25) is 0 Å². The van der Waals surface area contributed by atoms with Crippen LogP contribution in [0.1, 0.15) is 0 Å². The van der Waals surface area contributed by atoms with E-state index in [-0.39, 0.29) is 37.5 Å². The Morgan fingerprint density at radius 2 is 2.18 bits per heavy atom. The number of hydrogen-bond donors (Lipinski definition) is 1. The SMILES string of the molecule is CN1CCN[C@H](CF)C1.Cl.Cl. The number of nitrogens with zero attached hydrogens (tertiary/aromatic N) is 1. The van der Waals surface area contributed by atoms with E-state index in [2.05, 4.69) is 10.2 Å². The fraction of sp³-hybridized carbons (Fsp3) is 1.00. The highest BCUT2D eigenvalue weighted by atomic mass is 35.5. The van der Waals surface area contributed by atoms with Gasteiger partial charge in [0.1, 0.15) is 6.67 Å². The molecule has 0 amide bonds. The number of rotatable bonds is 1. The molecule has 11 heavy (non-hydrogen) atoms. The highest BCUT2D eigenvalue weighted by molar-refractivity contribution is 5.85. The van der Waals surface area contributed by atoms with Gasteiger partial charge in [-0.1, -0.05) is 0 Å². The highest BCUT2D eigenvalue weighted by Gasteiger charge is 2.14. The van der Waals surface area contributed by atoms with E-state index in [0.29, 0.717) is 0 Å². The number of halogens is 3. The molecule has 70 valence electrons. The van der Waals surface area contributed by atoms with E-state index in [0.717, 1.165) is 19.6 Å². The minimum absolute atomic E-state index is 0. The predicted octanol–water partition coefficient (Wildman–Crippen LogP) is 0.703. The summed E-state index contributed by atoms with van der Waals surface area (Å²) < 4.78 is 12.0. The van der Waals surface area contributed by atoms with E-state index >= 15 is 0 Å². The molecule has 1 aliphatic heterocycles. The maximum absolute atomic E-state index is 12.0. The quantitative estimate of drug-likeness (QED) is 0.678. The van der Waals surface area contributed by atoms with E-state index in [1.165, 1.54) is 0 Å². The summed E-state index contributed by atoms with van der Waals surface area (Å²) in [6, 6.07) is 0.0729. The van der Waals surface area contributed by atoms with Crippen LogP contribution in [0.25, 0.3) is 0 Å². The molecular formula is C6H15Cl2FN2. The van der Waals surface area contributed by atoms with E-state index < -0.39 is 0 Å². The number of nitrogens with one attached hydrogen (secondary N) is 1. The molecule has 1 N–H and O–H groups in total.